The molecule has 0 fully saturated rings. The van der Waals surface area contributed by atoms with E-state index < -0.39 is 0 Å². The zero-order chi connectivity index (χ0) is 43.4. The van der Waals surface area contributed by atoms with Gasteiger partial charge in [-0.3, -0.25) is 0 Å². The summed E-state index contributed by atoms with van der Waals surface area (Å²) in [5, 5.41) is 35.3. The topological polar surface area (TPSA) is 82.2 Å². The van der Waals surface area contributed by atoms with Gasteiger partial charge in [0.2, 0.25) is 0 Å². The molecule has 7 heteroatoms. The molecule has 9 aromatic carbocycles. The first-order chi connectivity index (χ1) is 31.3. The summed E-state index contributed by atoms with van der Waals surface area (Å²) in [6, 6.07) is 63.6. The van der Waals surface area contributed by atoms with Gasteiger partial charge in [0.05, 0.1) is 35.9 Å². The first-order valence-electron chi connectivity index (χ1n) is 21.2. The lowest BCUT2D eigenvalue weighted by molar-refractivity contribution is 0.660. The first-order valence-corrected chi connectivity index (χ1v) is 21.2. The van der Waals surface area contributed by atoms with Crippen LogP contribution in [0, 0.1) is 40.6 Å². The fourth-order valence-corrected chi connectivity index (χ4v) is 10.7. The maximum Gasteiger partial charge on any atom is 0.252 e. The molecule has 0 unspecified atom stereocenters. The van der Waals surface area contributed by atoms with Gasteiger partial charge in [0, 0.05) is 45.1 Å². The molecule has 3 aliphatic rings. The Balaban J connectivity index is 1.24. The summed E-state index contributed by atoms with van der Waals surface area (Å²) in [5.41, 5.74) is 16.7. The van der Waals surface area contributed by atoms with Crippen molar-refractivity contribution in [2.75, 3.05) is 9.80 Å². The van der Waals surface area contributed by atoms with Crippen molar-refractivity contribution >= 4 is 84.5 Å². The average molecular weight is 813 g/mol. The molecule has 0 saturated heterocycles. The van der Waals surface area contributed by atoms with Crippen molar-refractivity contribution in [3.8, 4) is 40.5 Å². The van der Waals surface area contributed by atoms with Gasteiger partial charge in [-0.05, 0) is 138 Å². The fourth-order valence-electron chi connectivity index (χ4n) is 10.7. The lowest BCUT2D eigenvalue weighted by Crippen LogP contribution is -2.61. The number of rotatable bonds is 3. The Bertz CT molecular complexity index is 3490. The van der Waals surface area contributed by atoms with Gasteiger partial charge in [0.25, 0.3) is 6.71 Å². The lowest BCUT2D eigenvalue weighted by atomic mass is 9.33. The zero-order valence-corrected chi connectivity index (χ0v) is 34.8. The second-order valence-electron chi connectivity index (χ2n) is 17.4. The molecule has 0 spiro atoms. The Kier molecular flexibility index (Phi) is 7.83. The summed E-state index contributed by atoms with van der Waals surface area (Å²) in [4.78, 5) is 8.30. The van der Waals surface area contributed by atoms with Crippen LogP contribution in [0.25, 0.3) is 48.6 Å². The van der Waals surface area contributed by atoms with Crippen LogP contribution in [0.1, 0.15) is 41.7 Å². The highest BCUT2D eigenvalue weighted by molar-refractivity contribution is 7.00. The lowest BCUT2D eigenvalue weighted by Gasteiger charge is -2.45. The largest absolute Gasteiger partial charge is 0.313 e. The van der Waals surface area contributed by atoms with Crippen molar-refractivity contribution in [3.63, 3.8) is 0 Å². The van der Waals surface area contributed by atoms with Gasteiger partial charge in [-0.1, -0.05) is 111 Å². The van der Waals surface area contributed by atoms with E-state index in [9.17, 15) is 15.8 Å². The number of hydrogen-bond donors (Lipinski definition) is 0. The molecule has 2 aliphatic heterocycles. The normalized spacial score (nSPS) is 13.4. The van der Waals surface area contributed by atoms with Crippen LogP contribution in [0.4, 0.5) is 39.8 Å². The van der Waals surface area contributed by atoms with Gasteiger partial charge in [-0.2, -0.15) is 15.8 Å². The second-order valence-corrected chi connectivity index (χ2v) is 17.4. The van der Waals surface area contributed by atoms with Crippen LogP contribution in [0.5, 0.6) is 0 Å². The first kappa shape index (κ1) is 36.9. The third-order valence-corrected chi connectivity index (χ3v) is 13.6. The third kappa shape index (κ3) is 5.29. The molecule has 2 heterocycles. The summed E-state index contributed by atoms with van der Waals surface area (Å²) in [6.45, 7) is 12.4. The molecule has 0 atom stereocenters. The number of nitriles is 3. The quantitative estimate of drug-likeness (QED) is 0.131. The van der Waals surface area contributed by atoms with E-state index in [1.807, 2.05) is 24.3 Å². The van der Waals surface area contributed by atoms with Gasteiger partial charge in [0.1, 0.15) is 0 Å². The summed E-state index contributed by atoms with van der Waals surface area (Å²) < 4.78 is 0. The van der Waals surface area contributed by atoms with Crippen LogP contribution in [-0.4, -0.2) is 6.71 Å². The molecular weight excluding hydrogens is 779 g/mol. The highest BCUT2D eigenvalue weighted by atomic mass is 15.2. The minimum absolute atomic E-state index is 0.164. The maximum absolute atomic E-state index is 10.3. The van der Waals surface area contributed by atoms with E-state index in [-0.39, 0.29) is 12.1 Å². The van der Waals surface area contributed by atoms with Crippen LogP contribution in [-0.2, 0) is 5.41 Å². The van der Waals surface area contributed by atoms with Crippen molar-refractivity contribution in [2.45, 2.75) is 19.3 Å². The van der Waals surface area contributed by atoms with E-state index in [1.54, 1.807) is 12.1 Å². The molecule has 0 saturated carbocycles. The molecule has 12 rings (SSSR count). The number of hydrogen-bond acceptors (Lipinski definition) is 5. The van der Waals surface area contributed by atoms with Crippen LogP contribution < -0.4 is 26.2 Å². The highest BCUT2D eigenvalue weighted by Crippen LogP contribution is 2.52. The van der Waals surface area contributed by atoms with Crippen molar-refractivity contribution in [3.05, 3.63) is 203 Å². The molecular formula is C57H33BN6. The molecule has 1 aliphatic carbocycles. The average Bonchev–Trinajstić information content (AvgIpc) is 3.57. The summed E-state index contributed by atoms with van der Waals surface area (Å²) in [7, 11) is 0. The highest BCUT2D eigenvalue weighted by Gasteiger charge is 2.44. The standard InChI is InChI=1S/C57H33BN6/c1-57(2)48-15-9-8-14-46(48)47-23-41(16-17-49(47)57)42-28-54-56-55(29-42)64(45-22-36(33-61)19-43(30-45)62-3)53-27-40-13-7-5-11-38(40)25-51(53)58(56)50-24-37-10-4-6-12-39(37)26-52(50)63(54)44-20-34(31-59)18-35(21-44)32-60/h4-30H,1-2H3. The van der Waals surface area contributed by atoms with Gasteiger partial charge in [-0.25, -0.2) is 4.85 Å². The number of benzene rings is 9. The predicted molar refractivity (Wildman–Crippen MR) is 259 cm³/mol. The molecule has 294 valence electrons. The Morgan fingerprint density at radius 3 is 1.55 bits per heavy atom. The van der Waals surface area contributed by atoms with E-state index in [0.717, 1.165) is 71.8 Å². The maximum atomic E-state index is 10.3. The summed E-state index contributed by atoms with van der Waals surface area (Å²) >= 11 is 0. The number of fused-ring (bicyclic) bond motifs is 9. The van der Waals surface area contributed by atoms with E-state index in [4.69, 9.17) is 6.57 Å². The molecule has 6 nitrogen and oxygen atoms in total. The van der Waals surface area contributed by atoms with Gasteiger partial charge in [0.15, 0.2) is 5.69 Å². The Morgan fingerprint density at radius 1 is 0.484 bits per heavy atom. The minimum Gasteiger partial charge on any atom is -0.313 e. The van der Waals surface area contributed by atoms with Crippen LogP contribution in [0.15, 0.2) is 164 Å². The van der Waals surface area contributed by atoms with Crippen molar-refractivity contribution in [1.29, 1.82) is 15.8 Å². The van der Waals surface area contributed by atoms with Gasteiger partial charge in [-0.15, -0.1) is 0 Å². The molecule has 0 aromatic heterocycles. The SMILES string of the molecule is [C-]#[N+]c1cc(C#N)cc(N2c3cc4ccccc4cc3B3c4cc5ccccc5cc4N(c4cc(C#N)cc(C#N)c4)c4cc(-c5ccc6c(c5)-c5ccccc5C6(C)C)cc2c43)c1. The predicted octanol–water partition coefficient (Wildman–Crippen LogP) is 12.2. The zero-order valence-electron chi connectivity index (χ0n) is 34.8. The Morgan fingerprint density at radius 2 is 0.984 bits per heavy atom. The molecule has 0 amide bonds. The van der Waals surface area contributed by atoms with E-state index >= 15 is 0 Å². The smallest absolute Gasteiger partial charge is 0.252 e. The summed E-state index contributed by atoms with van der Waals surface area (Å²) in [6.07, 6.45) is 0. The monoisotopic (exact) mass is 812 g/mol. The van der Waals surface area contributed by atoms with E-state index in [0.29, 0.717) is 33.8 Å². The van der Waals surface area contributed by atoms with Crippen molar-refractivity contribution in [1.82, 2.24) is 0 Å². The number of nitrogens with zero attached hydrogens (tertiary/aromatic N) is 6. The van der Waals surface area contributed by atoms with Gasteiger partial charge >= 0.3 is 0 Å². The van der Waals surface area contributed by atoms with E-state index in [1.165, 1.54) is 22.3 Å². The van der Waals surface area contributed by atoms with Crippen LogP contribution in [0.2, 0.25) is 0 Å². The fraction of sp³-hybridized carbons (Fsp3) is 0.0526. The van der Waals surface area contributed by atoms with E-state index in [2.05, 4.69) is 174 Å². The van der Waals surface area contributed by atoms with Crippen LogP contribution >= 0.6 is 0 Å². The molecule has 64 heavy (non-hydrogen) atoms. The van der Waals surface area contributed by atoms with Gasteiger partial charge < -0.3 is 9.80 Å². The third-order valence-electron chi connectivity index (χ3n) is 13.6. The summed E-state index contributed by atoms with van der Waals surface area (Å²) in [5.74, 6) is 0. The number of anilines is 6. The Labute approximate surface area is 371 Å². The molecule has 0 bridgehead atoms. The minimum atomic E-state index is -0.243. The molecule has 0 N–H and O–H groups in total. The van der Waals surface area contributed by atoms with Crippen LogP contribution in [0.3, 0.4) is 0 Å². The van der Waals surface area contributed by atoms with Crippen molar-refractivity contribution in [2.24, 2.45) is 0 Å². The Hall–Kier alpha value is -8.88. The molecule has 9 aromatic rings. The second kappa shape index (κ2) is 13.6. The van der Waals surface area contributed by atoms with Crippen molar-refractivity contribution < 1.29 is 0 Å². The molecule has 0 radical (unpaired) electrons.